The number of nitrogens with zero attached hydrogens (tertiary/aromatic N) is 2. The zero-order valence-corrected chi connectivity index (χ0v) is 29.3. The molecule has 2 aromatic carbocycles. The molecule has 0 atom stereocenters. The maximum absolute atomic E-state index is 12.3. The molecular formula is C38H52N2NiO2. The molecule has 0 fully saturated rings. The smallest absolute Gasteiger partial charge is 0.872 e. The first-order chi connectivity index (χ1) is 19.3. The van der Waals surface area contributed by atoms with E-state index in [2.05, 4.69) is 93.1 Å². The van der Waals surface area contributed by atoms with E-state index < -0.39 is 0 Å². The van der Waals surface area contributed by atoms with Crippen LogP contribution in [0.2, 0.25) is 0 Å². The molecule has 0 aliphatic rings. The minimum absolute atomic E-state index is 0. The molecule has 2 aromatic heterocycles. The van der Waals surface area contributed by atoms with E-state index in [-0.39, 0.29) is 49.7 Å². The van der Waals surface area contributed by atoms with Crippen LogP contribution in [0.4, 0.5) is 0 Å². The molecular weight excluding hydrogens is 575 g/mol. The summed E-state index contributed by atoms with van der Waals surface area (Å²) in [5.41, 5.74) is 3.36. The van der Waals surface area contributed by atoms with Gasteiger partial charge in [-0.3, -0.25) is 9.97 Å². The second kappa shape index (κ2) is 17.2. The van der Waals surface area contributed by atoms with Gasteiger partial charge in [-0.05, 0) is 45.9 Å². The number of para-hydroxylation sites is 2. The van der Waals surface area contributed by atoms with Crippen molar-refractivity contribution in [1.82, 2.24) is 9.97 Å². The van der Waals surface area contributed by atoms with Gasteiger partial charge in [0.05, 0.1) is 0 Å². The molecule has 0 unspecified atom stereocenters. The van der Waals surface area contributed by atoms with Crippen LogP contribution in [-0.2, 0) is 38.2 Å². The summed E-state index contributed by atoms with van der Waals surface area (Å²) in [6.07, 6.45) is 7.00. The van der Waals surface area contributed by atoms with Gasteiger partial charge >= 0.3 is 16.5 Å². The summed E-state index contributed by atoms with van der Waals surface area (Å²) in [6, 6.07) is 23.2. The fraction of sp³-hybridized carbons (Fsp3) is 0.421. The van der Waals surface area contributed by atoms with Crippen LogP contribution < -0.4 is 10.2 Å². The van der Waals surface area contributed by atoms with Crippen molar-refractivity contribution >= 4 is 0 Å². The molecule has 4 nitrogen and oxygen atoms in total. The van der Waals surface area contributed by atoms with Crippen molar-refractivity contribution in [2.75, 3.05) is 0 Å². The first-order valence-corrected chi connectivity index (χ1v) is 14.6. The van der Waals surface area contributed by atoms with Crippen LogP contribution >= 0.6 is 0 Å². The minimum Gasteiger partial charge on any atom is -0.872 e. The van der Waals surface area contributed by atoms with Crippen LogP contribution in [0, 0.1) is 0 Å². The van der Waals surface area contributed by atoms with E-state index in [1.807, 2.05) is 72.8 Å². The van der Waals surface area contributed by atoms with Gasteiger partial charge in [-0.15, -0.1) is 11.5 Å². The zero-order chi connectivity index (χ0) is 32.2. The molecule has 0 spiro atoms. The second-order valence-electron chi connectivity index (χ2n) is 14.4. The van der Waals surface area contributed by atoms with E-state index >= 15 is 0 Å². The molecule has 236 valence electrons. The number of rotatable bonds is 0. The van der Waals surface area contributed by atoms with Crippen molar-refractivity contribution in [1.29, 1.82) is 0 Å². The summed E-state index contributed by atoms with van der Waals surface area (Å²) in [6.45, 7) is 25.0. The molecule has 0 saturated carbocycles. The van der Waals surface area contributed by atoms with E-state index in [9.17, 15) is 10.2 Å². The standard InChI is InChI=1S/2C14H22O.2C5H5N.Ni/c2*1-13(2,3)10-8-7-9-11(12(10)15)14(4,5)6;2*1-2-4-6-5-3-1;/h2*7-9,15H,1-6H3;2*1-5H;/q;;;;+2/p-2. The van der Waals surface area contributed by atoms with E-state index in [0.29, 0.717) is 0 Å². The van der Waals surface area contributed by atoms with Gasteiger partial charge < -0.3 is 10.2 Å². The molecule has 0 N–H and O–H groups in total. The van der Waals surface area contributed by atoms with Gasteiger partial charge in [-0.25, -0.2) is 0 Å². The van der Waals surface area contributed by atoms with Crippen LogP contribution in [0.15, 0.2) is 97.6 Å². The van der Waals surface area contributed by atoms with Crippen molar-refractivity contribution in [3.05, 3.63) is 120 Å². The molecule has 2 heterocycles. The van der Waals surface area contributed by atoms with Crippen molar-refractivity contribution < 1.29 is 26.7 Å². The fourth-order valence-corrected chi connectivity index (χ4v) is 4.06. The van der Waals surface area contributed by atoms with E-state index in [0.717, 1.165) is 22.3 Å². The molecule has 0 amide bonds. The molecule has 0 saturated heterocycles. The van der Waals surface area contributed by atoms with Crippen LogP contribution in [0.5, 0.6) is 11.5 Å². The predicted molar refractivity (Wildman–Crippen MR) is 175 cm³/mol. The largest absolute Gasteiger partial charge is 2.00 e. The first-order valence-electron chi connectivity index (χ1n) is 14.6. The molecule has 5 heteroatoms. The summed E-state index contributed by atoms with van der Waals surface area (Å²) in [5.74, 6) is 0.412. The Labute approximate surface area is 272 Å². The van der Waals surface area contributed by atoms with Gasteiger partial charge in [-0.2, -0.15) is 0 Å². The fourth-order valence-electron chi connectivity index (χ4n) is 4.06. The number of hydrogen-bond donors (Lipinski definition) is 0. The Balaban J connectivity index is 0.000000586. The van der Waals surface area contributed by atoms with E-state index in [4.69, 9.17) is 0 Å². The topological polar surface area (TPSA) is 71.9 Å². The van der Waals surface area contributed by atoms with Crippen molar-refractivity contribution in [2.45, 2.75) is 105 Å². The maximum Gasteiger partial charge on any atom is 2.00 e. The van der Waals surface area contributed by atoms with E-state index in [1.165, 1.54) is 0 Å². The van der Waals surface area contributed by atoms with Gasteiger partial charge in [0.2, 0.25) is 0 Å². The average molecular weight is 628 g/mol. The Morgan fingerprint density at radius 2 is 0.581 bits per heavy atom. The average Bonchev–Trinajstić information content (AvgIpc) is 2.89. The molecule has 0 aliphatic carbocycles. The summed E-state index contributed by atoms with van der Waals surface area (Å²) >= 11 is 0. The van der Waals surface area contributed by atoms with Gasteiger partial charge in [-0.1, -0.05) is 154 Å². The van der Waals surface area contributed by atoms with E-state index in [1.54, 1.807) is 24.8 Å². The number of aromatic nitrogens is 2. The van der Waals surface area contributed by atoms with Crippen molar-refractivity contribution in [3.8, 4) is 11.5 Å². The van der Waals surface area contributed by atoms with Gasteiger partial charge in [0.25, 0.3) is 0 Å². The van der Waals surface area contributed by atoms with Gasteiger partial charge in [0, 0.05) is 24.8 Å². The summed E-state index contributed by atoms with van der Waals surface area (Å²) in [4.78, 5) is 7.57. The predicted octanol–water partition coefficient (Wildman–Crippen LogP) is 8.87. The number of pyridine rings is 2. The normalized spacial score (nSPS) is 11.3. The third kappa shape index (κ3) is 14.2. The second-order valence-corrected chi connectivity index (χ2v) is 14.4. The summed E-state index contributed by atoms with van der Waals surface area (Å²) in [7, 11) is 0. The van der Waals surface area contributed by atoms with Crippen LogP contribution in [0.25, 0.3) is 0 Å². The van der Waals surface area contributed by atoms with Crippen LogP contribution in [0.1, 0.15) is 105 Å². The Morgan fingerprint density at radius 1 is 0.372 bits per heavy atom. The third-order valence-corrected chi connectivity index (χ3v) is 6.40. The Kier molecular flexibility index (Phi) is 15.9. The monoisotopic (exact) mass is 626 g/mol. The summed E-state index contributed by atoms with van der Waals surface area (Å²) in [5, 5.41) is 24.5. The van der Waals surface area contributed by atoms with Crippen LogP contribution in [-0.4, -0.2) is 9.97 Å². The van der Waals surface area contributed by atoms with Gasteiger partial charge in [0.1, 0.15) is 0 Å². The van der Waals surface area contributed by atoms with Crippen LogP contribution in [0.3, 0.4) is 0 Å². The third-order valence-electron chi connectivity index (χ3n) is 6.40. The molecule has 4 aromatic rings. The molecule has 43 heavy (non-hydrogen) atoms. The number of hydrogen-bond acceptors (Lipinski definition) is 4. The summed E-state index contributed by atoms with van der Waals surface area (Å²) < 4.78 is 0. The molecule has 4 rings (SSSR count). The Bertz CT molecular complexity index is 1090. The number of benzene rings is 2. The SMILES string of the molecule is CC(C)(C)c1cccc(C(C)(C)C)c1[O-].CC(C)(C)c1cccc(C(C)(C)C)c1[O-].[Ni+2].c1ccncc1.c1ccncc1. The quantitative estimate of drug-likeness (QED) is 0.183. The minimum atomic E-state index is -0.0711. The first kappa shape index (κ1) is 39.8. The van der Waals surface area contributed by atoms with Crippen molar-refractivity contribution in [3.63, 3.8) is 0 Å². The maximum atomic E-state index is 12.3. The van der Waals surface area contributed by atoms with Gasteiger partial charge in [0.15, 0.2) is 0 Å². The zero-order valence-electron chi connectivity index (χ0n) is 28.3. The molecule has 0 bridgehead atoms. The molecule has 0 radical (unpaired) electrons. The Morgan fingerprint density at radius 3 is 0.698 bits per heavy atom. The molecule has 0 aliphatic heterocycles. The Hall–Kier alpha value is -3.17. The van der Waals surface area contributed by atoms with Crippen molar-refractivity contribution in [2.24, 2.45) is 0 Å².